The number of rotatable bonds is 4. The van der Waals surface area contributed by atoms with E-state index in [9.17, 15) is 4.79 Å². The zero-order valence-corrected chi connectivity index (χ0v) is 11.0. The molecular weight excluding hydrogens is 258 g/mol. The van der Waals surface area contributed by atoms with Crippen LogP contribution in [0, 0.1) is 0 Å². The van der Waals surface area contributed by atoms with E-state index in [-0.39, 0.29) is 12.0 Å². The van der Waals surface area contributed by atoms with Gasteiger partial charge in [-0.3, -0.25) is 4.99 Å². The maximum atomic E-state index is 11.3. The standard InChI is InChI=1S/C10H13N3O2S2/c1-15-10(14)7-5-17-9(13-7)6-4-16-8(12-6)2-3-11/h4,7H,2-3,5,11H2,1H3. The zero-order valence-electron chi connectivity index (χ0n) is 9.38. The molecule has 7 heteroatoms. The van der Waals surface area contributed by atoms with E-state index in [0.29, 0.717) is 12.3 Å². The van der Waals surface area contributed by atoms with Gasteiger partial charge in [0.1, 0.15) is 10.7 Å². The van der Waals surface area contributed by atoms with Gasteiger partial charge in [-0.25, -0.2) is 9.78 Å². The van der Waals surface area contributed by atoms with Crippen molar-refractivity contribution in [3.8, 4) is 0 Å². The Labute approximate surface area is 107 Å². The third-order valence-electron chi connectivity index (χ3n) is 2.25. The van der Waals surface area contributed by atoms with E-state index in [1.807, 2.05) is 5.38 Å². The van der Waals surface area contributed by atoms with E-state index in [4.69, 9.17) is 5.73 Å². The van der Waals surface area contributed by atoms with Crippen LogP contribution in [-0.4, -0.2) is 41.4 Å². The van der Waals surface area contributed by atoms with Crippen LogP contribution >= 0.6 is 23.1 Å². The maximum Gasteiger partial charge on any atom is 0.331 e. The van der Waals surface area contributed by atoms with E-state index >= 15 is 0 Å². The van der Waals surface area contributed by atoms with E-state index in [2.05, 4.69) is 14.7 Å². The number of aromatic nitrogens is 1. The van der Waals surface area contributed by atoms with Gasteiger partial charge in [0.2, 0.25) is 0 Å². The van der Waals surface area contributed by atoms with E-state index in [1.54, 1.807) is 23.1 Å². The van der Waals surface area contributed by atoms with Crippen molar-refractivity contribution in [1.29, 1.82) is 0 Å². The Morgan fingerprint density at radius 2 is 2.53 bits per heavy atom. The quantitative estimate of drug-likeness (QED) is 0.815. The van der Waals surface area contributed by atoms with Gasteiger partial charge >= 0.3 is 5.97 Å². The van der Waals surface area contributed by atoms with Crippen LogP contribution in [0.5, 0.6) is 0 Å². The molecular formula is C10H13N3O2S2. The van der Waals surface area contributed by atoms with Crippen molar-refractivity contribution in [2.75, 3.05) is 19.4 Å². The molecule has 1 atom stereocenters. The molecule has 0 amide bonds. The number of methoxy groups -OCH3 is 1. The molecule has 5 nitrogen and oxygen atoms in total. The Balaban J connectivity index is 2.09. The summed E-state index contributed by atoms with van der Waals surface area (Å²) in [6.45, 7) is 0.595. The van der Waals surface area contributed by atoms with Gasteiger partial charge in [-0.15, -0.1) is 23.1 Å². The molecule has 0 aromatic carbocycles. The Morgan fingerprint density at radius 3 is 3.24 bits per heavy atom. The zero-order chi connectivity index (χ0) is 12.3. The summed E-state index contributed by atoms with van der Waals surface area (Å²) in [6.07, 6.45) is 0.781. The molecule has 2 N–H and O–H groups in total. The van der Waals surface area contributed by atoms with Crippen LogP contribution in [0.1, 0.15) is 10.7 Å². The molecule has 0 radical (unpaired) electrons. The first-order valence-corrected chi connectivity index (χ1v) is 7.04. The fourth-order valence-electron chi connectivity index (χ4n) is 1.42. The molecule has 1 unspecified atom stereocenters. The molecule has 0 bridgehead atoms. The maximum absolute atomic E-state index is 11.3. The lowest BCUT2D eigenvalue weighted by Gasteiger charge is -2.00. The fourth-order valence-corrected chi connectivity index (χ4v) is 3.27. The molecule has 2 heterocycles. The van der Waals surface area contributed by atoms with Crippen LogP contribution in [0.15, 0.2) is 10.4 Å². The first-order valence-electron chi connectivity index (χ1n) is 5.18. The number of carbonyl (C=O) groups is 1. The Morgan fingerprint density at radius 1 is 1.71 bits per heavy atom. The van der Waals surface area contributed by atoms with Crippen LogP contribution in [0.4, 0.5) is 0 Å². The summed E-state index contributed by atoms with van der Waals surface area (Å²) in [6, 6.07) is -0.389. The predicted octanol–water partition coefficient (Wildman–Crippen LogP) is 0.679. The molecule has 0 fully saturated rings. The topological polar surface area (TPSA) is 77.6 Å². The summed E-state index contributed by atoms with van der Waals surface area (Å²) in [5, 5.41) is 3.78. The lowest BCUT2D eigenvalue weighted by Crippen LogP contribution is -2.19. The van der Waals surface area contributed by atoms with Crippen molar-refractivity contribution in [2.24, 2.45) is 10.7 Å². The summed E-state index contributed by atoms with van der Waals surface area (Å²) >= 11 is 3.12. The van der Waals surface area contributed by atoms with Gasteiger partial charge in [0, 0.05) is 17.6 Å². The molecule has 1 aromatic heterocycles. The second-order valence-corrected chi connectivity index (χ2v) is 5.40. The smallest absolute Gasteiger partial charge is 0.331 e. The third kappa shape index (κ3) is 2.85. The second-order valence-electron chi connectivity index (χ2n) is 3.45. The molecule has 17 heavy (non-hydrogen) atoms. The van der Waals surface area contributed by atoms with Gasteiger partial charge < -0.3 is 10.5 Å². The highest BCUT2D eigenvalue weighted by atomic mass is 32.2. The van der Waals surface area contributed by atoms with Gasteiger partial charge in [0.15, 0.2) is 6.04 Å². The highest BCUT2D eigenvalue weighted by Crippen LogP contribution is 2.25. The Kier molecular flexibility index (Phi) is 4.14. The van der Waals surface area contributed by atoms with Gasteiger partial charge in [0.05, 0.1) is 12.1 Å². The van der Waals surface area contributed by atoms with Gasteiger partial charge in [-0.1, -0.05) is 0 Å². The minimum absolute atomic E-state index is 0.287. The second kappa shape index (κ2) is 5.61. The van der Waals surface area contributed by atoms with Gasteiger partial charge in [-0.05, 0) is 6.54 Å². The van der Waals surface area contributed by atoms with Crippen LogP contribution in [0.3, 0.4) is 0 Å². The van der Waals surface area contributed by atoms with Crippen LogP contribution in [0.2, 0.25) is 0 Å². The molecule has 92 valence electrons. The van der Waals surface area contributed by atoms with Crippen molar-refractivity contribution in [2.45, 2.75) is 12.5 Å². The molecule has 1 aliphatic heterocycles. The molecule has 0 saturated carbocycles. The van der Waals surface area contributed by atoms with E-state index < -0.39 is 0 Å². The number of thiazole rings is 1. The SMILES string of the molecule is COC(=O)C1CSC(c2csc(CCN)n2)=N1. The molecule has 0 saturated heterocycles. The summed E-state index contributed by atoms with van der Waals surface area (Å²) < 4.78 is 4.67. The lowest BCUT2D eigenvalue weighted by molar-refractivity contribution is -0.141. The van der Waals surface area contributed by atoms with Crippen molar-refractivity contribution in [1.82, 2.24) is 4.98 Å². The first-order chi connectivity index (χ1) is 8.24. The lowest BCUT2D eigenvalue weighted by atomic mass is 10.3. The van der Waals surface area contributed by atoms with Crippen LogP contribution in [0.25, 0.3) is 0 Å². The van der Waals surface area contributed by atoms with Gasteiger partial charge in [-0.2, -0.15) is 0 Å². The number of carbonyl (C=O) groups excluding carboxylic acids is 1. The average Bonchev–Trinajstić information content (AvgIpc) is 2.96. The molecule has 0 aliphatic carbocycles. The average molecular weight is 271 g/mol. The van der Waals surface area contributed by atoms with E-state index in [1.165, 1.54) is 7.11 Å². The molecule has 1 aliphatic rings. The number of ether oxygens (including phenoxy) is 1. The van der Waals surface area contributed by atoms with Crippen molar-refractivity contribution < 1.29 is 9.53 Å². The fraction of sp³-hybridized carbons (Fsp3) is 0.500. The predicted molar refractivity (Wildman–Crippen MR) is 69.7 cm³/mol. The summed E-state index contributed by atoms with van der Waals surface area (Å²) in [4.78, 5) is 20.1. The minimum Gasteiger partial charge on any atom is -0.467 e. The molecule has 0 spiro atoms. The van der Waals surface area contributed by atoms with Crippen molar-refractivity contribution in [3.63, 3.8) is 0 Å². The largest absolute Gasteiger partial charge is 0.467 e. The highest BCUT2D eigenvalue weighted by molar-refractivity contribution is 8.14. The number of nitrogens with two attached hydrogens (primary N) is 1. The van der Waals surface area contributed by atoms with E-state index in [0.717, 1.165) is 22.2 Å². The number of esters is 1. The number of nitrogens with zero attached hydrogens (tertiary/aromatic N) is 2. The third-order valence-corrected chi connectivity index (χ3v) is 4.23. The minimum atomic E-state index is -0.389. The van der Waals surface area contributed by atoms with Gasteiger partial charge in [0.25, 0.3) is 0 Å². The number of hydrogen-bond donors (Lipinski definition) is 1. The summed E-state index contributed by atoms with van der Waals surface area (Å²) in [5.74, 6) is 0.344. The summed E-state index contributed by atoms with van der Waals surface area (Å²) in [7, 11) is 1.38. The summed E-state index contributed by atoms with van der Waals surface area (Å²) in [5.41, 5.74) is 6.32. The van der Waals surface area contributed by atoms with Crippen LogP contribution < -0.4 is 5.73 Å². The van der Waals surface area contributed by atoms with Crippen LogP contribution in [-0.2, 0) is 16.0 Å². The monoisotopic (exact) mass is 271 g/mol. The number of hydrogen-bond acceptors (Lipinski definition) is 7. The van der Waals surface area contributed by atoms with Crippen molar-refractivity contribution >= 4 is 34.1 Å². The Hall–Kier alpha value is -0.920. The number of thioether (sulfide) groups is 1. The molecule has 2 rings (SSSR count). The highest BCUT2D eigenvalue weighted by Gasteiger charge is 2.27. The normalized spacial score (nSPS) is 19.2. The number of aliphatic imine (C=N–C) groups is 1. The van der Waals surface area contributed by atoms with Crippen molar-refractivity contribution in [3.05, 3.63) is 16.1 Å². The molecule has 1 aromatic rings. The Bertz CT molecular complexity index is 445. The first kappa shape index (κ1) is 12.5.